The number of nitrogens with one attached hydrogen (secondary N) is 2. The number of fused-ring (bicyclic) bond motifs is 1. The number of ether oxygens (including phenoxy) is 1. The minimum absolute atomic E-state index is 0.101. The van der Waals surface area contributed by atoms with Gasteiger partial charge in [0.15, 0.2) is 0 Å². The van der Waals surface area contributed by atoms with Gasteiger partial charge in [-0.1, -0.05) is 13.3 Å². The highest BCUT2D eigenvalue weighted by Crippen LogP contribution is 2.45. The van der Waals surface area contributed by atoms with E-state index in [1.165, 1.54) is 39.9 Å². The van der Waals surface area contributed by atoms with Crippen LogP contribution in [-0.4, -0.2) is 74.9 Å². The largest absolute Gasteiger partial charge is 0.378 e. The highest BCUT2D eigenvalue weighted by Gasteiger charge is 2.42. The lowest BCUT2D eigenvalue weighted by Crippen LogP contribution is -2.55. The molecule has 3 heterocycles. The van der Waals surface area contributed by atoms with Crippen LogP contribution in [0.4, 0.5) is 5.00 Å². The molecule has 2 aromatic rings. The normalized spacial score (nSPS) is 18.6. The Kier molecular flexibility index (Phi) is 8.58. The van der Waals surface area contributed by atoms with E-state index in [1.807, 2.05) is 6.92 Å². The summed E-state index contributed by atoms with van der Waals surface area (Å²) in [6.45, 7) is 12.8. The van der Waals surface area contributed by atoms with Crippen molar-refractivity contribution >= 4 is 38.2 Å². The Morgan fingerprint density at radius 1 is 1.13 bits per heavy atom. The summed E-state index contributed by atoms with van der Waals surface area (Å²) >= 11 is 1.43. The molecule has 1 saturated heterocycles. The average molecular weight is 577 g/mol. The predicted molar refractivity (Wildman–Crippen MR) is 154 cm³/mol. The summed E-state index contributed by atoms with van der Waals surface area (Å²) in [4.78, 5) is 30.2. The monoisotopic (exact) mass is 576 g/mol. The number of nitrogens with zero attached hydrogens (tertiary/aromatic N) is 2. The molecule has 1 aromatic heterocycles. The van der Waals surface area contributed by atoms with Crippen LogP contribution in [0.15, 0.2) is 29.2 Å². The predicted octanol–water partition coefficient (Wildman–Crippen LogP) is 4.05. The minimum atomic E-state index is -3.63. The highest BCUT2D eigenvalue weighted by atomic mass is 32.2. The van der Waals surface area contributed by atoms with Crippen LogP contribution < -0.4 is 10.6 Å². The van der Waals surface area contributed by atoms with Crippen LogP contribution in [0.3, 0.4) is 0 Å². The molecule has 1 aromatic carbocycles. The van der Waals surface area contributed by atoms with Crippen LogP contribution in [0, 0.1) is 0 Å². The molecule has 2 aliphatic heterocycles. The van der Waals surface area contributed by atoms with E-state index in [-0.39, 0.29) is 21.9 Å². The van der Waals surface area contributed by atoms with E-state index in [0.717, 1.165) is 23.3 Å². The van der Waals surface area contributed by atoms with Gasteiger partial charge in [0.1, 0.15) is 5.00 Å². The lowest BCUT2D eigenvalue weighted by atomic mass is 9.81. The first-order valence-electron chi connectivity index (χ1n) is 13.5. The lowest BCUT2D eigenvalue weighted by molar-refractivity contribution is 0.0302. The summed E-state index contributed by atoms with van der Waals surface area (Å²) < 4.78 is 32.5. The van der Waals surface area contributed by atoms with Crippen molar-refractivity contribution in [3.05, 3.63) is 45.8 Å². The van der Waals surface area contributed by atoms with Crippen molar-refractivity contribution in [3.8, 4) is 0 Å². The molecule has 1 fully saturated rings. The molecule has 0 spiro atoms. The standard InChI is InChI=1S/C28H40N4O5S2/c1-7-8-13-31(6)39(35,36)20-11-9-19(10-12-20)24(33)29-25-22(26(34)32-14-16-37-17-15-32)21-18-27(2,3)30-28(4,5)23(21)38-25/h9-12,30H,7-8,13-18H2,1-6H3,(H,29,33). The maximum Gasteiger partial charge on any atom is 0.257 e. The van der Waals surface area contributed by atoms with Gasteiger partial charge in [0.25, 0.3) is 11.8 Å². The Labute approximate surface area is 236 Å². The zero-order valence-electron chi connectivity index (χ0n) is 23.7. The van der Waals surface area contributed by atoms with E-state index in [1.54, 1.807) is 11.9 Å². The number of amides is 2. The molecule has 0 bridgehead atoms. The second kappa shape index (κ2) is 11.3. The van der Waals surface area contributed by atoms with Crippen LogP contribution in [0.2, 0.25) is 0 Å². The van der Waals surface area contributed by atoms with Gasteiger partial charge in [0.05, 0.1) is 23.7 Å². The molecule has 0 radical (unpaired) electrons. The number of carbonyl (C=O) groups excluding carboxylic acids is 2. The van der Waals surface area contributed by atoms with Crippen molar-refractivity contribution in [2.75, 3.05) is 45.2 Å². The van der Waals surface area contributed by atoms with Crippen molar-refractivity contribution in [1.82, 2.24) is 14.5 Å². The lowest BCUT2D eigenvalue weighted by Gasteiger charge is -2.42. The second-order valence-corrected chi connectivity index (χ2v) is 14.6. The third-order valence-corrected chi connectivity index (χ3v) is 10.6. The van der Waals surface area contributed by atoms with E-state index in [2.05, 4.69) is 38.3 Å². The first-order valence-corrected chi connectivity index (χ1v) is 15.7. The number of benzene rings is 1. The van der Waals surface area contributed by atoms with Crippen molar-refractivity contribution in [2.45, 2.75) is 69.9 Å². The Morgan fingerprint density at radius 3 is 2.38 bits per heavy atom. The van der Waals surface area contributed by atoms with E-state index in [9.17, 15) is 18.0 Å². The third-order valence-electron chi connectivity index (χ3n) is 7.23. The Morgan fingerprint density at radius 2 is 1.77 bits per heavy atom. The molecule has 0 unspecified atom stereocenters. The van der Waals surface area contributed by atoms with Gasteiger partial charge in [-0.2, -0.15) is 0 Å². The summed E-state index contributed by atoms with van der Waals surface area (Å²) in [6.07, 6.45) is 2.32. The quantitative estimate of drug-likeness (QED) is 0.491. The molecule has 0 saturated carbocycles. The van der Waals surface area contributed by atoms with E-state index >= 15 is 0 Å². The van der Waals surface area contributed by atoms with Gasteiger partial charge in [0.2, 0.25) is 10.0 Å². The Hall–Kier alpha value is -2.31. The number of thiophene rings is 1. The average Bonchev–Trinajstić information content (AvgIpc) is 3.24. The summed E-state index contributed by atoms with van der Waals surface area (Å²) in [6, 6.07) is 5.95. The maximum atomic E-state index is 13.8. The van der Waals surface area contributed by atoms with E-state index < -0.39 is 15.9 Å². The molecule has 4 rings (SSSR count). The number of carbonyl (C=O) groups is 2. The van der Waals surface area contributed by atoms with Gasteiger partial charge in [-0.05, 0) is 70.4 Å². The Bertz CT molecular complexity index is 1330. The highest BCUT2D eigenvalue weighted by molar-refractivity contribution is 7.89. The summed E-state index contributed by atoms with van der Waals surface area (Å²) in [5.41, 5.74) is 1.22. The fourth-order valence-electron chi connectivity index (χ4n) is 5.40. The van der Waals surface area contributed by atoms with Gasteiger partial charge in [-0.15, -0.1) is 11.3 Å². The topological polar surface area (TPSA) is 108 Å². The molecular formula is C28H40N4O5S2. The van der Waals surface area contributed by atoms with Gasteiger partial charge in [0, 0.05) is 48.2 Å². The Balaban J connectivity index is 1.65. The fourth-order valence-corrected chi connectivity index (χ4v) is 7.87. The molecule has 2 amide bonds. The van der Waals surface area contributed by atoms with Crippen LogP contribution in [-0.2, 0) is 26.7 Å². The molecule has 39 heavy (non-hydrogen) atoms. The van der Waals surface area contributed by atoms with Crippen molar-refractivity contribution in [1.29, 1.82) is 0 Å². The number of sulfonamides is 1. The van der Waals surface area contributed by atoms with Crippen LogP contribution in [0.25, 0.3) is 0 Å². The first-order chi connectivity index (χ1) is 18.3. The fraction of sp³-hybridized carbons (Fsp3) is 0.571. The third kappa shape index (κ3) is 6.22. The number of morpholine rings is 1. The van der Waals surface area contributed by atoms with Crippen LogP contribution >= 0.6 is 11.3 Å². The number of rotatable bonds is 8. The number of anilines is 1. The molecule has 0 aliphatic carbocycles. The van der Waals surface area contributed by atoms with E-state index in [0.29, 0.717) is 55.4 Å². The second-order valence-electron chi connectivity index (χ2n) is 11.5. The van der Waals surface area contributed by atoms with Crippen LogP contribution in [0.1, 0.15) is 78.6 Å². The SMILES string of the molecule is CCCCN(C)S(=O)(=O)c1ccc(C(=O)Nc2sc3c(c2C(=O)N2CCOCC2)CC(C)(C)NC3(C)C)cc1. The van der Waals surface area contributed by atoms with Gasteiger partial charge in [-0.25, -0.2) is 12.7 Å². The van der Waals surface area contributed by atoms with E-state index in [4.69, 9.17) is 4.74 Å². The van der Waals surface area contributed by atoms with Crippen molar-refractivity contribution < 1.29 is 22.7 Å². The summed E-state index contributed by atoms with van der Waals surface area (Å²) in [5.74, 6) is -0.492. The number of hydrogen-bond donors (Lipinski definition) is 2. The number of hydrogen-bond acceptors (Lipinski definition) is 7. The number of unbranched alkanes of at least 4 members (excludes halogenated alkanes) is 1. The minimum Gasteiger partial charge on any atom is -0.378 e. The van der Waals surface area contributed by atoms with Crippen molar-refractivity contribution in [3.63, 3.8) is 0 Å². The zero-order chi connectivity index (χ0) is 28.6. The zero-order valence-corrected chi connectivity index (χ0v) is 25.4. The first kappa shape index (κ1) is 29.7. The molecule has 2 aliphatic rings. The molecule has 214 valence electrons. The summed E-state index contributed by atoms with van der Waals surface area (Å²) in [5, 5.41) is 7.18. The molecule has 9 nitrogen and oxygen atoms in total. The molecule has 0 atom stereocenters. The summed E-state index contributed by atoms with van der Waals surface area (Å²) in [7, 11) is -2.07. The van der Waals surface area contributed by atoms with Gasteiger partial charge in [-0.3, -0.25) is 9.59 Å². The molecular weight excluding hydrogens is 536 g/mol. The van der Waals surface area contributed by atoms with Crippen molar-refractivity contribution in [2.24, 2.45) is 0 Å². The molecule has 11 heteroatoms. The smallest absolute Gasteiger partial charge is 0.257 e. The molecule has 2 N–H and O–H groups in total. The van der Waals surface area contributed by atoms with Crippen LogP contribution in [0.5, 0.6) is 0 Å². The maximum absolute atomic E-state index is 13.8. The van der Waals surface area contributed by atoms with Gasteiger partial charge >= 0.3 is 0 Å². The van der Waals surface area contributed by atoms with Gasteiger partial charge < -0.3 is 20.3 Å².